The lowest BCUT2D eigenvalue weighted by atomic mass is 9.83. The van der Waals surface area contributed by atoms with E-state index in [2.05, 4.69) is 27.7 Å². The number of rotatable bonds is 7. The van der Waals surface area contributed by atoms with Gasteiger partial charge in [0.1, 0.15) is 0 Å². The van der Waals surface area contributed by atoms with Crippen LogP contribution in [0.25, 0.3) is 0 Å². The summed E-state index contributed by atoms with van der Waals surface area (Å²) in [6.45, 7) is 11.0. The maximum atomic E-state index is 6.66. The molecule has 0 aliphatic heterocycles. The topological polar surface area (TPSA) is 18.5 Å². The second-order valence-corrected chi connectivity index (χ2v) is 11.3. The fourth-order valence-corrected chi connectivity index (χ4v) is 10.3. The summed E-state index contributed by atoms with van der Waals surface area (Å²) >= 11 is 0. The van der Waals surface area contributed by atoms with Crippen LogP contribution >= 0.6 is 0 Å². The molecule has 0 radical (unpaired) electrons. The molecule has 2 aliphatic rings. The zero-order valence-corrected chi connectivity index (χ0v) is 15.7. The van der Waals surface area contributed by atoms with Crippen LogP contribution in [0.5, 0.6) is 0 Å². The van der Waals surface area contributed by atoms with Gasteiger partial charge in [-0.3, -0.25) is 0 Å². The molecule has 2 saturated carbocycles. The Morgan fingerprint density at radius 1 is 0.857 bits per heavy atom. The Bertz CT molecular complexity index is 294. The van der Waals surface area contributed by atoms with Crippen LogP contribution in [0.3, 0.4) is 0 Å². The standard InChI is InChI=1S/C18H36O2Si/c1-5-11-20-21(19-6-2,17-9-7-8-10-17)18-13-15(3)12-16(4)14-18/h15-18H,5-14H2,1-4H3. The van der Waals surface area contributed by atoms with E-state index >= 15 is 0 Å². The molecule has 3 atom stereocenters. The lowest BCUT2D eigenvalue weighted by Crippen LogP contribution is -2.52. The zero-order valence-electron chi connectivity index (χ0n) is 14.7. The first-order chi connectivity index (χ1) is 10.1. The molecule has 0 bridgehead atoms. The van der Waals surface area contributed by atoms with Gasteiger partial charge in [0.15, 0.2) is 0 Å². The van der Waals surface area contributed by atoms with E-state index in [4.69, 9.17) is 8.85 Å². The van der Waals surface area contributed by atoms with E-state index in [1.165, 1.54) is 44.9 Å². The fraction of sp³-hybridized carbons (Fsp3) is 1.00. The van der Waals surface area contributed by atoms with Gasteiger partial charge in [-0.25, -0.2) is 0 Å². The van der Waals surface area contributed by atoms with Crippen LogP contribution in [0.4, 0.5) is 0 Å². The molecule has 0 heterocycles. The predicted octanol–water partition coefficient (Wildman–Crippen LogP) is 5.66. The summed E-state index contributed by atoms with van der Waals surface area (Å²) in [5.74, 6) is 1.69. The predicted molar refractivity (Wildman–Crippen MR) is 91.8 cm³/mol. The summed E-state index contributed by atoms with van der Waals surface area (Å²) in [5, 5.41) is 0. The third-order valence-electron chi connectivity index (χ3n) is 5.57. The highest BCUT2D eigenvalue weighted by Gasteiger charge is 2.54. The van der Waals surface area contributed by atoms with Crippen molar-refractivity contribution in [3.8, 4) is 0 Å². The molecule has 0 N–H and O–H groups in total. The average Bonchev–Trinajstić information content (AvgIpc) is 2.97. The number of hydrogen-bond acceptors (Lipinski definition) is 2. The van der Waals surface area contributed by atoms with Crippen molar-refractivity contribution < 1.29 is 8.85 Å². The third kappa shape index (κ3) is 4.11. The Balaban J connectivity index is 2.22. The Morgan fingerprint density at radius 2 is 1.48 bits per heavy atom. The average molecular weight is 313 g/mol. The van der Waals surface area contributed by atoms with Crippen LogP contribution in [0, 0.1) is 11.8 Å². The highest BCUT2D eigenvalue weighted by molar-refractivity contribution is 6.70. The van der Waals surface area contributed by atoms with E-state index in [0.29, 0.717) is 0 Å². The highest BCUT2D eigenvalue weighted by Crippen LogP contribution is 2.52. The fourth-order valence-electron chi connectivity index (χ4n) is 4.94. The Hall–Kier alpha value is 0.137. The first-order valence-corrected chi connectivity index (χ1v) is 11.4. The van der Waals surface area contributed by atoms with Crippen LogP contribution in [0.2, 0.25) is 11.1 Å². The second kappa shape index (κ2) is 8.12. The molecule has 0 aromatic heterocycles. The first kappa shape index (κ1) is 17.5. The van der Waals surface area contributed by atoms with E-state index in [1.807, 2.05) is 0 Å². The lowest BCUT2D eigenvalue weighted by molar-refractivity contribution is 0.134. The SMILES string of the molecule is CCCO[Si](OCC)(C1CCCC1)C1CC(C)CC(C)C1. The molecule has 0 saturated heterocycles. The minimum absolute atomic E-state index is 0.728. The summed E-state index contributed by atoms with van der Waals surface area (Å²) in [6, 6.07) is 0. The van der Waals surface area contributed by atoms with Gasteiger partial charge >= 0.3 is 8.56 Å². The van der Waals surface area contributed by atoms with E-state index in [-0.39, 0.29) is 0 Å². The summed E-state index contributed by atoms with van der Waals surface area (Å²) in [7, 11) is -2.07. The molecule has 0 aromatic rings. The highest BCUT2D eigenvalue weighted by atomic mass is 28.4. The zero-order chi connectivity index (χ0) is 15.3. The molecule has 2 rings (SSSR count). The maximum Gasteiger partial charge on any atom is 0.344 e. The van der Waals surface area contributed by atoms with Gasteiger partial charge in [-0.15, -0.1) is 0 Å². The van der Waals surface area contributed by atoms with Gasteiger partial charge in [0.05, 0.1) is 0 Å². The Labute approximate surface area is 133 Å². The molecule has 2 aliphatic carbocycles. The van der Waals surface area contributed by atoms with Gasteiger partial charge in [0, 0.05) is 24.3 Å². The van der Waals surface area contributed by atoms with E-state index < -0.39 is 8.56 Å². The molecule has 124 valence electrons. The summed E-state index contributed by atoms with van der Waals surface area (Å²) in [6.07, 6.45) is 10.7. The van der Waals surface area contributed by atoms with Gasteiger partial charge in [0.2, 0.25) is 0 Å². The van der Waals surface area contributed by atoms with Gasteiger partial charge in [0.25, 0.3) is 0 Å². The summed E-state index contributed by atoms with van der Waals surface area (Å²) in [5.41, 5.74) is 1.48. The monoisotopic (exact) mass is 312 g/mol. The van der Waals surface area contributed by atoms with Gasteiger partial charge in [-0.05, 0) is 57.3 Å². The minimum atomic E-state index is -2.07. The molecule has 2 nitrogen and oxygen atoms in total. The van der Waals surface area contributed by atoms with Crippen molar-refractivity contribution in [3.05, 3.63) is 0 Å². The molecular formula is C18H36O2Si. The third-order valence-corrected chi connectivity index (χ3v) is 10.3. The Kier molecular flexibility index (Phi) is 6.76. The lowest BCUT2D eigenvalue weighted by Gasteiger charge is -2.45. The van der Waals surface area contributed by atoms with E-state index in [0.717, 1.165) is 42.6 Å². The molecule has 2 fully saturated rings. The molecule has 0 spiro atoms. The van der Waals surface area contributed by atoms with Crippen LogP contribution in [-0.4, -0.2) is 21.8 Å². The molecular weight excluding hydrogens is 276 g/mol. The first-order valence-electron chi connectivity index (χ1n) is 9.40. The second-order valence-electron chi connectivity index (χ2n) is 7.60. The van der Waals surface area contributed by atoms with Gasteiger partial charge < -0.3 is 8.85 Å². The van der Waals surface area contributed by atoms with Gasteiger partial charge in [-0.1, -0.05) is 33.6 Å². The smallest absolute Gasteiger partial charge is 0.344 e. The summed E-state index contributed by atoms with van der Waals surface area (Å²) < 4.78 is 13.2. The molecule has 3 unspecified atom stereocenters. The van der Waals surface area contributed by atoms with E-state index in [1.54, 1.807) is 0 Å². The van der Waals surface area contributed by atoms with Crippen molar-refractivity contribution in [3.63, 3.8) is 0 Å². The van der Waals surface area contributed by atoms with Gasteiger partial charge in [-0.2, -0.15) is 0 Å². The van der Waals surface area contributed by atoms with Crippen molar-refractivity contribution in [2.24, 2.45) is 11.8 Å². The summed E-state index contributed by atoms with van der Waals surface area (Å²) in [4.78, 5) is 0. The number of hydrogen-bond donors (Lipinski definition) is 0. The largest absolute Gasteiger partial charge is 0.394 e. The normalized spacial score (nSPS) is 34.0. The van der Waals surface area contributed by atoms with Crippen molar-refractivity contribution in [1.29, 1.82) is 0 Å². The molecule has 21 heavy (non-hydrogen) atoms. The van der Waals surface area contributed by atoms with Crippen LogP contribution in [-0.2, 0) is 8.85 Å². The van der Waals surface area contributed by atoms with E-state index in [9.17, 15) is 0 Å². The van der Waals surface area contributed by atoms with Crippen molar-refractivity contribution in [2.75, 3.05) is 13.2 Å². The molecule has 3 heteroatoms. The van der Waals surface area contributed by atoms with Crippen LogP contribution in [0.15, 0.2) is 0 Å². The maximum absolute atomic E-state index is 6.66. The quantitative estimate of drug-likeness (QED) is 0.564. The molecule has 0 amide bonds. The van der Waals surface area contributed by atoms with Crippen molar-refractivity contribution in [1.82, 2.24) is 0 Å². The van der Waals surface area contributed by atoms with Crippen LogP contribution < -0.4 is 0 Å². The molecule has 0 aromatic carbocycles. The Morgan fingerprint density at radius 3 is 2.00 bits per heavy atom. The van der Waals surface area contributed by atoms with Crippen LogP contribution in [0.1, 0.15) is 79.1 Å². The van der Waals surface area contributed by atoms with Crippen molar-refractivity contribution >= 4 is 8.56 Å². The minimum Gasteiger partial charge on any atom is -0.394 e. The van der Waals surface area contributed by atoms with Crippen molar-refractivity contribution in [2.45, 2.75) is 90.1 Å².